The molecule has 3 aromatic rings. The standard InChI is InChI=1S/C20H19N3OS/c21-12-14-7-9-15(10-8-14)18(24)13-23-11-3-5-17(23)20-22-16-4-1-2-6-19(16)25-20/h1-2,4,6-10,17-18,24H,3,5,11,13H2. The molecular weight excluding hydrogens is 330 g/mol. The summed E-state index contributed by atoms with van der Waals surface area (Å²) in [6.45, 7) is 1.57. The SMILES string of the molecule is N#Cc1ccc(C(O)CN2CCCC2c2nc3ccccc3s2)cc1. The average molecular weight is 349 g/mol. The van der Waals surface area contributed by atoms with Crippen molar-refractivity contribution < 1.29 is 5.11 Å². The van der Waals surface area contributed by atoms with Crippen LogP contribution in [0.25, 0.3) is 10.2 Å². The first kappa shape index (κ1) is 16.2. The van der Waals surface area contributed by atoms with Crippen molar-refractivity contribution in [3.8, 4) is 6.07 Å². The number of aliphatic hydroxyl groups is 1. The van der Waals surface area contributed by atoms with Crippen molar-refractivity contribution in [1.29, 1.82) is 5.26 Å². The second kappa shape index (κ2) is 6.93. The number of rotatable bonds is 4. The van der Waals surface area contributed by atoms with Crippen LogP contribution in [0, 0.1) is 11.3 Å². The number of nitriles is 1. The molecule has 1 fully saturated rings. The third-order valence-electron chi connectivity index (χ3n) is 4.79. The van der Waals surface area contributed by atoms with Gasteiger partial charge < -0.3 is 5.11 Å². The zero-order chi connectivity index (χ0) is 17.2. The van der Waals surface area contributed by atoms with Crippen LogP contribution in [-0.4, -0.2) is 28.1 Å². The van der Waals surface area contributed by atoms with Crippen LogP contribution in [0.15, 0.2) is 48.5 Å². The Morgan fingerprint density at radius 2 is 2.04 bits per heavy atom. The summed E-state index contributed by atoms with van der Waals surface area (Å²) >= 11 is 1.76. The second-order valence-corrected chi connectivity index (χ2v) is 7.48. The molecule has 0 aliphatic carbocycles. The molecule has 1 saturated heterocycles. The molecule has 4 nitrogen and oxygen atoms in total. The van der Waals surface area contributed by atoms with E-state index in [0.717, 1.165) is 35.5 Å². The molecule has 25 heavy (non-hydrogen) atoms. The number of thiazole rings is 1. The lowest BCUT2D eigenvalue weighted by atomic mass is 10.1. The Morgan fingerprint density at radius 3 is 2.80 bits per heavy atom. The van der Waals surface area contributed by atoms with E-state index in [1.54, 1.807) is 23.5 Å². The average Bonchev–Trinajstić information content (AvgIpc) is 3.27. The first-order valence-electron chi connectivity index (χ1n) is 8.52. The minimum atomic E-state index is -0.553. The van der Waals surface area contributed by atoms with Crippen LogP contribution in [0.4, 0.5) is 0 Å². The predicted octanol–water partition coefficient (Wildman–Crippen LogP) is 4.04. The van der Waals surface area contributed by atoms with E-state index in [1.165, 1.54) is 4.70 Å². The van der Waals surface area contributed by atoms with E-state index in [-0.39, 0.29) is 6.04 Å². The van der Waals surface area contributed by atoms with Crippen molar-refractivity contribution in [2.75, 3.05) is 13.1 Å². The molecule has 0 spiro atoms. The summed E-state index contributed by atoms with van der Waals surface area (Å²) in [6.07, 6.45) is 1.66. The summed E-state index contributed by atoms with van der Waals surface area (Å²) in [4.78, 5) is 7.14. The van der Waals surface area contributed by atoms with E-state index in [4.69, 9.17) is 10.2 Å². The Hall–Kier alpha value is -2.26. The molecular formula is C20H19N3OS. The van der Waals surface area contributed by atoms with Crippen LogP contribution in [0.3, 0.4) is 0 Å². The summed E-state index contributed by atoms with van der Waals surface area (Å²) in [5, 5.41) is 20.6. The minimum absolute atomic E-state index is 0.283. The number of para-hydroxylation sites is 1. The topological polar surface area (TPSA) is 60.1 Å². The van der Waals surface area contributed by atoms with Gasteiger partial charge in [-0.1, -0.05) is 24.3 Å². The number of hydrogen-bond acceptors (Lipinski definition) is 5. The van der Waals surface area contributed by atoms with Crippen molar-refractivity contribution in [2.24, 2.45) is 0 Å². The normalized spacial score (nSPS) is 19.1. The van der Waals surface area contributed by atoms with Crippen LogP contribution in [0.5, 0.6) is 0 Å². The quantitative estimate of drug-likeness (QED) is 0.772. The Kier molecular flexibility index (Phi) is 4.50. The lowest BCUT2D eigenvalue weighted by molar-refractivity contribution is 0.106. The first-order valence-corrected chi connectivity index (χ1v) is 9.34. The number of nitrogens with zero attached hydrogens (tertiary/aromatic N) is 3. The van der Waals surface area contributed by atoms with Gasteiger partial charge in [-0.25, -0.2) is 4.98 Å². The number of aromatic nitrogens is 1. The highest BCUT2D eigenvalue weighted by Gasteiger charge is 2.30. The molecule has 1 N–H and O–H groups in total. The monoisotopic (exact) mass is 349 g/mol. The molecule has 4 rings (SSSR count). The van der Waals surface area contributed by atoms with E-state index in [0.29, 0.717) is 12.1 Å². The van der Waals surface area contributed by atoms with Crippen LogP contribution < -0.4 is 0 Å². The van der Waals surface area contributed by atoms with Crippen molar-refractivity contribution in [2.45, 2.75) is 25.0 Å². The fourth-order valence-corrected chi connectivity index (χ4v) is 4.60. The molecule has 0 bridgehead atoms. The Balaban J connectivity index is 1.51. The summed E-state index contributed by atoms with van der Waals surface area (Å²) in [6, 6.07) is 17.8. The number of fused-ring (bicyclic) bond motifs is 1. The van der Waals surface area contributed by atoms with Crippen LogP contribution in [0.2, 0.25) is 0 Å². The third-order valence-corrected chi connectivity index (χ3v) is 5.93. The van der Waals surface area contributed by atoms with E-state index in [9.17, 15) is 5.11 Å². The Morgan fingerprint density at radius 1 is 1.24 bits per heavy atom. The number of β-amino-alcohol motifs (C(OH)–C–C–N with tert-alkyl or cyclic N) is 1. The maximum Gasteiger partial charge on any atom is 0.111 e. The highest BCUT2D eigenvalue weighted by Crippen LogP contribution is 2.37. The molecule has 5 heteroatoms. The molecule has 0 amide bonds. The van der Waals surface area contributed by atoms with Crippen molar-refractivity contribution in [3.63, 3.8) is 0 Å². The highest BCUT2D eigenvalue weighted by atomic mass is 32.1. The van der Waals surface area contributed by atoms with Gasteiger partial charge in [0.2, 0.25) is 0 Å². The largest absolute Gasteiger partial charge is 0.387 e. The second-order valence-electron chi connectivity index (χ2n) is 6.42. The van der Waals surface area contributed by atoms with E-state index < -0.39 is 6.10 Å². The molecule has 2 heterocycles. The van der Waals surface area contributed by atoms with E-state index in [2.05, 4.69) is 23.1 Å². The van der Waals surface area contributed by atoms with Crippen molar-refractivity contribution in [1.82, 2.24) is 9.88 Å². The van der Waals surface area contributed by atoms with Gasteiger partial charge in [-0.2, -0.15) is 5.26 Å². The lowest BCUT2D eigenvalue weighted by Crippen LogP contribution is -2.28. The number of hydrogen-bond donors (Lipinski definition) is 1. The van der Waals surface area contributed by atoms with Gasteiger partial charge in [-0.3, -0.25) is 4.90 Å². The predicted molar refractivity (Wildman–Crippen MR) is 99.3 cm³/mol. The van der Waals surface area contributed by atoms with Crippen molar-refractivity contribution >= 4 is 21.6 Å². The van der Waals surface area contributed by atoms with Gasteiger partial charge >= 0.3 is 0 Å². The molecule has 1 aromatic heterocycles. The lowest BCUT2D eigenvalue weighted by Gasteiger charge is -2.25. The summed E-state index contributed by atoms with van der Waals surface area (Å²) in [5.74, 6) is 0. The molecule has 0 saturated carbocycles. The maximum atomic E-state index is 10.6. The molecule has 2 atom stereocenters. The Bertz CT molecular complexity index is 880. The van der Waals surface area contributed by atoms with E-state index in [1.807, 2.05) is 24.3 Å². The fourth-order valence-electron chi connectivity index (χ4n) is 3.46. The Labute approximate surface area is 151 Å². The highest BCUT2D eigenvalue weighted by molar-refractivity contribution is 7.18. The van der Waals surface area contributed by atoms with Gasteiger partial charge in [0, 0.05) is 6.54 Å². The van der Waals surface area contributed by atoms with Crippen LogP contribution in [0.1, 0.15) is 41.1 Å². The molecule has 2 aromatic carbocycles. The number of benzene rings is 2. The first-order chi connectivity index (χ1) is 12.2. The summed E-state index contributed by atoms with van der Waals surface area (Å²) in [7, 11) is 0. The summed E-state index contributed by atoms with van der Waals surface area (Å²) < 4.78 is 1.22. The van der Waals surface area contributed by atoms with E-state index >= 15 is 0 Å². The van der Waals surface area contributed by atoms with Gasteiger partial charge in [0.05, 0.1) is 34.0 Å². The molecule has 2 unspecified atom stereocenters. The van der Waals surface area contributed by atoms with Gasteiger partial charge in [0.15, 0.2) is 0 Å². The number of aliphatic hydroxyl groups excluding tert-OH is 1. The van der Waals surface area contributed by atoms with Gasteiger partial charge in [0.25, 0.3) is 0 Å². The summed E-state index contributed by atoms with van der Waals surface area (Å²) in [5.41, 5.74) is 2.53. The molecule has 1 aliphatic rings. The maximum absolute atomic E-state index is 10.6. The molecule has 0 radical (unpaired) electrons. The smallest absolute Gasteiger partial charge is 0.111 e. The minimum Gasteiger partial charge on any atom is -0.387 e. The fraction of sp³-hybridized carbons (Fsp3) is 0.300. The zero-order valence-electron chi connectivity index (χ0n) is 13.8. The van der Waals surface area contributed by atoms with Crippen molar-refractivity contribution in [3.05, 3.63) is 64.7 Å². The van der Waals surface area contributed by atoms with Gasteiger partial charge in [-0.05, 0) is 49.2 Å². The molecule has 1 aliphatic heterocycles. The number of likely N-dealkylation sites (tertiary alicyclic amines) is 1. The van der Waals surface area contributed by atoms with Crippen LogP contribution in [-0.2, 0) is 0 Å². The zero-order valence-corrected chi connectivity index (χ0v) is 14.6. The van der Waals surface area contributed by atoms with Crippen LogP contribution >= 0.6 is 11.3 Å². The van der Waals surface area contributed by atoms with Gasteiger partial charge in [-0.15, -0.1) is 11.3 Å². The third kappa shape index (κ3) is 3.29. The molecule has 126 valence electrons. The van der Waals surface area contributed by atoms with Gasteiger partial charge in [0.1, 0.15) is 5.01 Å².